The van der Waals surface area contributed by atoms with Gasteiger partial charge in [-0.15, -0.1) is 0 Å². The third-order valence-electron chi connectivity index (χ3n) is 3.66. The molecule has 3 nitrogen and oxygen atoms in total. The second-order valence-electron chi connectivity index (χ2n) is 7.24. The monoisotopic (exact) mass is 343 g/mol. The molecular weight excluding hydrogens is 312 g/mol. The zero-order valence-corrected chi connectivity index (χ0v) is 15.3. The molecule has 0 heterocycles. The minimum Gasteiger partial charge on any atom is -0.389 e. The van der Waals surface area contributed by atoms with Crippen LogP contribution >= 0.6 is 0 Å². The Bertz CT molecular complexity index is 480. The molecule has 1 aromatic carbocycles. The molecule has 0 spiro atoms. The van der Waals surface area contributed by atoms with E-state index in [1.807, 2.05) is 4.90 Å². The molecule has 24 heavy (non-hydrogen) atoms. The van der Waals surface area contributed by atoms with E-state index in [0.717, 1.165) is 19.0 Å². The highest BCUT2D eigenvalue weighted by atomic mass is 19.1. The van der Waals surface area contributed by atoms with E-state index in [2.05, 4.69) is 27.7 Å². The highest BCUT2D eigenvalue weighted by Gasteiger charge is 2.15. The van der Waals surface area contributed by atoms with Crippen molar-refractivity contribution in [3.8, 4) is 0 Å². The number of rotatable bonds is 11. The van der Waals surface area contributed by atoms with Gasteiger partial charge in [-0.05, 0) is 30.9 Å². The lowest BCUT2D eigenvalue weighted by atomic mass is 10.1. The molecule has 138 valence electrons. The van der Waals surface area contributed by atoms with Crippen molar-refractivity contribution in [1.29, 1.82) is 0 Å². The van der Waals surface area contributed by atoms with Crippen LogP contribution < -0.4 is 0 Å². The summed E-state index contributed by atoms with van der Waals surface area (Å²) in [6.45, 7) is 10.7. The van der Waals surface area contributed by atoms with Crippen molar-refractivity contribution in [2.45, 2.75) is 46.8 Å². The summed E-state index contributed by atoms with van der Waals surface area (Å²) in [6.07, 6.45) is 0.321. The van der Waals surface area contributed by atoms with Crippen molar-refractivity contribution in [2.75, 3.05) is 26.3 Å². The molecule has 0 saturated heterocycles. The summed E-state index contributed by atoms with van der Waals surface area (Å²) in [5, 5.41) is 10.2. The predicted molar refractivity (Wildman–Crippen MR) is 92.8 cm³/mol. The number of halogens is 2. The Kier molecular flexibility index (Phi) is 9.41. The smallest absolute Gasteiger partial charge is 0.130 e. The molecule has 0 saturated carbocycles. The van der Waals surface area contributed by atoms with Crippen LogP contribution in [0.1, 0.15) is 39.7 Å². The van der Waals surface area contributed by atoms with Crippen molar-refractivity contribution in [3.63, 3.8) is 0 Å². The molecule has 0 amide bonds. The number of hydrogen-bond acceptors (Lipinski definition) is 3. The van der Waals surface area contributed by atoms with E-state index >= 15 is 0 Å². The van der Waals surface area contributed by atoms with Crippen LogP contribution in [0, 0.1) is 23.5 Å². The van der Waals surface area contributed by atoms with Gasteiger partial charge in [-0.25, -0.2) is 8.78 Å². The number of aliphatic hydroxyl groups excluding tert-OH is 1. The maximum Gasteiger partial charge on any atom is 0.130 e. The van der Waals surface area contributed by atoms with Gasteiger partial charge < -0.3 is 9.84 Å². The van der Waals surface area contributed by atoms with E-state index in [-0.39, 0.29) is 6.61 Å². The SMILES string of the molecule is CC(C)CCN(Cc1ccc(F)cc1F)CC(O)COCC(C)C. The summed E-state index contributed by atoms with van der Waals surface area (Å²) in [7, 11) is 0. The van der Waals surface area contributed by atoms with Crippen molar-refractivity contribution in [1.82, 2.24) is 4.90 Å². The van der Waals surface area contributed by atoms with Gasteiger partial charge >= 0.3 is 0 Å². The highest BCUT2D eigenvalue weighted by Crippen LogP contribution is 2.14. The Balaban J connectivity index is 2.62. The third-order valence-corrected chi connectivity index (χ3v) is 3.66. The zero-order chi connectivity index (χ0) is 18.1. The first kappa shape index (κ1) is 21.0. The highest BCUT2D eigenvalue weighted by molar-refractivity contribution is 5.18. The Hall–Kier alpha value is -1.04. The van der Waals surface area contributed by atoms with E-state index in [0.29, 0.717) is 37.1 Å². The summed E-state index contributed by atoms with van der Waals surface area (Å²) in [5.74, 6) is -0.190. The molecule has 1 unspecified atom stereocenters. The van der Waals surface area contributed by atoms with Crippen molar-refractivity contribution in [2.24, 2.45) is 11.8 Å². The minimum atomic E-state index is -0.626. The number of aliphatic hydroxyl groups is 1. The summed E-state index contributed by atoms with van der Waals surface area (Å²) < 4.78 is 32.4. The van der Waals surface area contributed by atoms with Crippen LogP contribution in [-0.2, 0) is 11.3 Å². The fourth-order valence-corrected chi connectivity index (χ4v) is 2.36. The van der Waals surface area contributed by atoms with E-state index in [1.54, 1.807) is 0 Å². The van der Waals surface area contributed by atoms with Gasteiger partial charge in [0.1, 0.15) is 11.6 Å². The van der Waals surface area contributed by atoms with Crippen LogP contribution in [0.2, 0.25) is 0 Å². The van der Waals surface area contributed by atoms with Crippen molar-refractivity contribution < 1.29 is 18.6 Å². The van der Waals surface area contributed by atoms with E-state index in [9.17, 15) is 13.9 Å². The molecular formula is C19H31F2NO2. The number of ether oxygens (including phenoxy) is 1. The van der Waals surface area contributed by atoms with Gasteiger partial charge in [0.05, 0.1) is 12.7 Å². The average molecular weight is 343 g/mol. The molecule has 0 aliphatic carbocycles. The molecule has 1 aromatic rings. The lowest BCUT2D eigenvalue weighted by Crippen LogP contribution is -2.36. The average Bonchev–Trinajstić information content (AvgIpc) is 2.47. The Morgan fingerprint density at radius 2 is 1.79 bits per heavy atom. The molecule has 0 fully saturated rings. The fourth-order valence-electron chi connectivity index (χ4n) is 2.36. The summed E-state index contributed by atoms with van der Waals surface area (Å²) in [6, 6.07) is 3.63. The van der Waals surface area contributed by atoms with E-state index in [1.165, 1.54) is 12.1 Å². The topological polar surface area (TPSA) is 32.7 Å². The quantitative estimate of drug-likeness (QED) is 0.662. The van der Waals surface area contributed by atoms with Crippen LogP contribution in [0.3, 0.4) is 0 Å². The molecule has 0 aromatic heterocycles. The van der Waals surface area contributed by atoms with Gasteiger partial charge in [-0.2, -0.15) is 0 Å². The minimum absolute atomic E-state index is 0.266. The molecule has 1 rings (SSSR count). The van der Waals surface area contributed by atoms with Gasteiger partial charge in [-0.1, -0.05) is 33.8 Å². The number of benzene rings is 1. The van der Waals surface area contributed by atoms with Crippen LogP contribution in [0.15, 0.2) is 18.2 Å². The molecule has 0 aliphatic rings. The van der Waals surface area contributed by atoms with Gasteiger partial charge in [-0.3, -0.25) is 4.90 Å². The normalized spacial score (nSPS) is 13.2. The van der Waals surface area contributed by atoms with Crippen LogP contribution in [-0.4, -0.2) is 42.4 Å². The standard InChI is InChI=1S/C19H31F2NO2/c1-14(2)7-8-22(11-18(23)13-24-12-15(3)4)10-16-5-6-17(20)9-19(16)21/h5-6,9,14-15,18,23H,7-8,10-13H2,1-4H3. The fraction of sp³-hybridized carbons (Fsp3) is 0.684. The molecule has 0 bridgehead atoms. The summed E-state index contributed by atoms with van der Waals surface area (Å²) >= 11 is 0. The number of hydrogen-bond donors (Lipinski definition) is 1. The Morgan fingerprint density at radius 3 is 2.38 bits per heavy atom. The Labute approximate surface area is 144 Å². The van der Waals surface area contributed by atoms with Crippen LogP contribution in [0.25, 0.3) is 0 Å². The van der Waals surface area contributed by atoms with E-state index in [4.69, 9.17) is 4.74 Å². The maximum atomic E-state index is 13.9. The van der Waals surface area contributed by atoms with Crippen LogP contribution in [0.4, 0.5) is 8.78 Å². The zero-order valence-electron chi connectivity index (χ0n) is 15.3. The predicted octanol–water partition coefficient (Wildman–Crippen LogP) is 3.85. The lowest BCUT2D eigenvalue weighted by Gasteiger charge is -2.26. The van der Waals surface area contributed by atoms with Gasteiger partial charge in [0.2, 0.25) is 0 Å². The van der Waals surface area contributed by atoms with Gasteiger partial charge in [0.15, 0.2) is 0 Å². The maximum absolute atomic E-state index is 13.9. The van der Waals surface area contributed by atoms with Crippen molar-refractivity contribution >= 4 is 0 Å². The first-order chi connectivity index (χ1) is 11.3. The summed E-state index contributed by atoms with van der Waals surface area (Å²) in [4.78, 5) is 2.00. The second-order valence-corrected chi connectivity index (χ2v) is 7.24. The lowest BCUT2D eigenvalue weighted by molar-refractivity contribution is 0.00613. The number of nitrogens with zero attached hydrogens (tertiary/aromatic N) is 1. The molecule has 5 heteroatoms. The summed E-state index contributed by atoms with van der Waals surface area (Å²) in [5.41, 5.74) is 0.440. The second kappa shape index (κ2) is 10.7. The van der Waals surface area contributed by atoms with Crippen molar-refractivity contribution in [3.05, 3.63) is 35.4 Å². The first-order valence-electron chi connectivity index (χ1n) is 8.70. The van der Waals surface area contributed by atoms with Crippen LogP contribution in [0.5, 0.6) is 0 Å². The van der Waals surface area contributed by atoms with Gasteiger partial charge in [0, 0.05) is 31.3 Å². The molecule has 0 aliphatic heterocycles. The third kappa shape index (κ3) is 8.71. The Morgan fingerprint density at radius 1 is 1.08 bits per heavy atom. The van der Waals surface area contributed by atoms with Gasteiger partial charge in [0.25, 0.3) is 0 Å². The first-order valence-corrected chi connectivity index (χ1v) is 8.70. The van der Waals surface area contributed by atoms with E-state index < -0.39 is 17.7 Å². The largest absolute Gasteiger partial charge is 0.389 e. The molecule has 0 radical (unpaired) electrons. The molecule has 1 atom stereocenters. The molecule has 1 N–H and O–H groups in total.